The van der Waals surface area contributed by atoms with Gasteiger partial charge in [0, 0.05) is 72.0 Å². The molecule has 1 fully saturated rings. The zero-order valence-corrected chi connectivity index (χ0v) is 15.0. The van der Waals surface area contributed by atoms with Gasteiger partial charge in [0.15, 0.2) is 0 Å². The van der Waals surface area contributed by atoms with Crippen LogP contribution in [0.15, 0.2) is 12.4 Å². The Balaban J connectivity index is 1.84. The van der Waals surface area contributed by atoms with Crippen LogP contribution < -0.4 is 5.32 Å². The smallest absolute Gasteiger partial charge is 0.244 e. The third kappa shape index (κ3) is 4.55. The number of likely N-dealkylation sites (N-methyl/N-ethyl adjacent to an activating group) is 1. The monoisotopic (exact) mass is 336 g/mol. The lowest BCUT2D eigenvalue weighted by Gasteiger charge is -2.36. The van der Waals surface area contributed by atoms with Crippen LogP contribution in [0, 0.1) is 0 Å². The molecule has 1 aliphatic heterocycles. The van der Waals surface area contributed by atoms with Gasteiger partial charge >= 0.3 is 0 Å². The quantitative estimate of drug-likeness (QED) is 0.744. The number of nitrogens with one attached hydrogen (secondary N) is 1. The Morgan fingerprint density at radius 3 is 2.46 bits per heavy atom. The summed E-state index contributed by atoms with van der Waals surface area (Å²) in [6, 6.07) is -0.361. The molecule has 1 aliphatic rings. The van der Waals surface area contributed by atoms with Crippen molar-refractivity contribution in [2.75, 3.05) is 53.9 Å². The minimum atomic E-state index is -0.361. The van der Waals surface area contributed by atoms with Crippen molar-refractivity contribution in [3.8, 4) is 0 Å². The third-order valence-electron chi connectivity index (χ3n) is 4.42. The molecule has 2 rings (SSSR count). The van der Waals surface area contributed by atoms with Gasteiger partial charge in [-0.05, 0) is 7.05 Å². The van der Waals surface area contributed by atoms with E-state index in [1.165, 1.54) is 0 Å². The predicted molar refractivity (Wildman–Crippen MR) is 91.3 cm³/mol. The molecule has 1 N–H and O–H groups in total. The van der Waals surface area contributed by atoms with E-state index in [2.05, 4.69) is 15.3 Å². The second-order valence-corrected chi connectivity index (χ2v) is 6.37. The van der Waals surface area contributed by atoms with Gasteiger partial charge in [-0.1, -0.05) is 0 Å². The van der Waals surface area contributed by atoms with E-state index in [1.54, 1.807) is 36.9 Å². The average Bonchev–Trinajstić information content (AvgIpc) is 2.99. The van der Waals surface area contributed by atoms with Gasteiger partial charge in [-0.2, -0.15) is 5.10 Å². The van der Waals surface area contributed by atoms with E-state index in [0.717, 1.165) is 25.2 Å². The molecular weight excluding hydrogens is 308 g/mol. The first kappa shape index (κ1) is 18.4. The second kappa shape index (κ2) is 8.25. The molecule has 2 heterocycles. The van der Waals surface area contributed by atoms with Crippen molar-refractivity contribution in [1.82, 2.24) is 29.8 Å². The Morgan fingerprint density at radius 1 is 1.29 bits per heavy atom. The summed E-state index contributed by atoms with van der Waals surface area (Å²) in [6.07, 6.45) is 4.11. The normalized spacial score (nSPS) is 16.9. The van der Waals surface area contributed by atoms with Crippen LogP contribution in [0.2, 0.25) is 0 Å². The molecule has 0 saturated carbocycles. The maximum absolute atomic E-state index is 12.7. The lowest BCUT2D eigenvalue weighted by atomic mass is 10.1. The first-order valence-electron chi connectivity index (χ1n) is 8.29. The molecule has 1 unspecified atom stereocenters. The molecule has 1 saturated heterocycles. The fourth-order valence-electron chi connectivity index (χ4n) is 2.87. The topological polar surface area (TPSA) is 73.7 Å². The van der Waals surface area contributed by atoms with Crippen LogP contribution in [0.3, 0.4) is 0 Å². The van der Waals surface area contributed by atoms with Crippen molar-refractivity contribution in [1.29, 1.82) is 0 Å². The fraction of sp³-hybridized carbons (Fsp3) is 0.688. The summed E-state index contributed by atoms with van der Waals surface area (Å²) < 4.78 is 1.70. The van der Waals surface area contributed by atoms with Gasteiger partial charge < -0.3 is 15.1 Å². The SMILES string of the molecule is CNC(C(=O)N1CCN(CCC(=O)N(C)C)CC1)c1cnn(C)c1. The molecule has 134 valence electrons. The number of hydrogen-bond acceptors (Lipinski definition) is 5. The molecule has 1 aromatic rings. The molecule has 0 aromatic carbocycles. The van der Waals surface area contributed by atoms with Gasteiger partial charge in [0.2, 0.25) is 11.8 Å². The van der Waals surface area contributed by atoms with Crippen LogP contribution in [0.5, 0.6) is 0 Å². The zero-order chi connectivity index (χ0) is 17.7. The van der Waals surface area contributed by atoms with E-state index < -0.39 is 0 Å². The summed E-state index contributed by atoms with van der Waals surface area (Å²) in [7, 11) is 7.18. The fourth-order valence-corrected chi connectivity index (χ4v) is 2.87. The average molecular weight is 336 g/mol. The number of carbonyl (C=O) groups excluding carboxylic acids is 2. The van der Waals surface area contributed by atoms with Crippen molar-refractivity contribution in [3.63, 3.8) is 0 Å². The summed E-state index contributed by atoms with van der Waals surface area (Å²) in [5, 5.41) is 7.23. The molecule has 2 amide bonds. The number of aryl methyl sites for hydroxylation is 1. The molecular formula is C16H28N6O2. The van der Waals surface area contributed by atoms with Gasteiger partial charge in [0.25, 0.3) is 0 Å². The van der Waals surface area contributed by atoms with Crippen molar-refractivity contribution in [2.24, 2.45) is 7.05 Å². The Hall–Kier alpha value is -1.93. The molecule has 0 aliphatic carbocycles. The second-order valence-electron chi connectivity index (χ2n) is 6.37. The molecule has 1 aromatic heterocycles. The number of aromatic nitrogens is 2. The predicted octanol–water partition coefficient (Wildman–Crippen LogP) is -0.697. The van der Waals surface area contributed by atoms with E-state index in [0.29, 0.717) is 19.5 Å². The maximum Gasteiger partial charge on any atom is 0.244 e. The molecule has 8 heteroatoms. The number of piperazine rings is 1. The standard InChI is InChI=1S/C16H28N6O2/c1-17-15(13-11-18-20(4)12-13)16(24)22-9-7-21(8-10-22)6-5-14(23)19(2)3/h11-12,15,17H,5-10H2,1-4H3. The number of nitrogens with zero attached hydrogens (tertiary/aromatic N) is 5. The van der Waals surface area contributed by atoms with Crippen LogP contribution in [-0.2, 0) is 16.6 Å². The largest absolute Gasteiger partial charge is 0.349 e. The van der Waals surface area contributed by atoms with E-state index >= 15 is 0 Å². The van der Waals surface area contributed by atoms with E-state index in [1.807, 2.05) is 18.1 Å². The van der Waals surface area contributed by atoms with Crippen molar-refractivity contribution < 1.29 is 9.59 Å². The van der Waals surface area contributed by atoms with Gasteiger partial charge in [-0.25, -0.2) is 0 Å². The van der Waals surface area contributed by atoms with Crippen LogP contribution in [0.4, 0.5) is 0 Å². The Kier molecular flexibility index (Phi) is 6.33. The highest BCUT2D eigenvalue weighted by Gasteiger charge is 2.28. The highest BCUT2D eigenvalue weighted by atomic mass is 16.2. The highest BCUT2D eigenvalue weighted by molar-refractivity contribution is 5.83. The Bertz CT molecular complexity index is 563. The van der Waals surface area contributed by atoms with E-state index in [4.69, 9.17) is 0 Å². The maximum atomic E-state index is 12.7. The molecule has 1 atom stereocenters. The minimum absolute atomic E-state index is 0.0783. The number of carbonyl (C=O) groups is 2. The summed E-state index contributed by atoms with van der Waals surface area (Å²) in [5.74, 6) is 0.217. The summed E-state index contributed by atoms with van der Waals surface area (Å²) in [5.41, 5.74) is 0.879. The van der Waals surface area contributed by atoms with Crippen molar-refractivity contribution in [3.05, 3.63) is 18.0 Å². The first-order chi connectivity index (χ1) is 11.4. The van der Waals surface area contributed by atoms with Crippen LogP contribution in [0.25, 0.3) is 0 Å². The number of amides is 2. The lowest BCUT2D eigenvalue weighted by Crippen LogP contribution is -2.51. The molecule has 0 spiro atoms. The van der Waals surface area contributed by atoms with Crippen molar-refractivity contribution >= 4 is 11.8 Å². The molecule has 0 bridgehead atoms. The van der Waals surface area contributed by atoms with Crippen LogP contribution in [0.1, 0.15) is 18.0 Å². The Labute approximate surface area is 143 Å². The van der Waals surface area contributed by atoms with E-state index in [-0.39, 0.29) is 17.9 Å². The Morgan fingerprint density at radius 2 is 1.96 bits per heavy atom. The van der Waals surface area contributed by atoms with Crippen LogP contribution in [-0.4, -0.2) is 90.2 Å². The van der Waals surface area contributed by atoms with Gasteiger partial charge in [0.1, 0.15) is 6.04 Å². The van der Waals surface area contributed by atoms with Crippen LogP contribution >= 0.6 is 0 Å². The first-order valence-corrected chi connectivity index (χ1v) is 8.29. The molecule has 8 nitrogen and oxygen atoms in total. The number of rotatable bonds is 6. The van der Waals surface area contributed by atoms with E-state index in [9.17, 15) is 9.59 Å². The third-order valence-corrected chi connectivity index (χ3v) is 4.42. The van der Waals surface area contributed by atoms with Gasteiger partial charge in [0.05, 0.1) is 6.20 Å². The molecule has 0 radical (unpaired) electrons. The summed E-state index contributed by atoms with van der Waals surface area (Å²) in [6.45, 7) is 3.73. The summed E-state index contributed by atoms with van der Waals surface area (Å²) >= 11 is 0. The van der Waals surface area contributed by atoms with Gasteiger partial charge in [-0.3, -0.25) is 19.2 Å². The molecule has 24 heavy (non-hydrogen) atoms. The summed E-state index contributed by atoms with van der Waals surface area (Å²) in [4.78, 5) is 30.2. The zero-order valence-electron chi connectivity index (χ0n) is 15.0. The minimum Gasteiger partial charge on any atom is -0.349 e. The van der Waals surface area contributed by atoms with Gasteiger partial charge in [-0.15, -0.1) is 0 Å². The number of hydrogen-bond donors (Lipinski definition) is 1. The highest BCUT2D eigenvalue weighted by Crippen LogP contribution is 2.16. The lowest BCUT2D eigenvalue weighted by molar-refractivity contribution is -0.136. The van der Waals surface area contributed by atoms with Crippen molar-refractivity contribution in [2.45, 2.75) is 12.5 Å².